The Kier molecular flexibility index (Phi) is 2.48. The Morgan fingerprint density at radius 3 is 2.33 bits per heavy atom. The second kappa shape index (κ2) is 4.27. The number of fused-ring (bicyclic) bond motifs is 1. The Balaban J connectivity index is 1.37. The Hall–Kier alpha value is 0. The first kappa shape index (κ1) is 17.5. The van der Waals surface area contributed by atoms with Crippen molar-refractivity contribution in [2.45, 2.75) is 74.1 Å². The minimum Gasteiger partial charge on any atom is -0.0625 e. The van der Waals surface area contributed by atoms with Gasteiger partial charge in [-0.3, -0.25) is 0 Å². The van der Waals surface area contributed by atoms with Gasteiger partial charge in [0.15, 0.2) is 0 Å². The first-order valence-electron chi connectivity index (χ1n) is 14.2. The van der Waals surface area contributed by atoms with Gasteiger partial charge in [-0.2, -0.15) is 0 Å². The molecule has 0 saturated heterocycles. The summed E-state index contributed by atoms with van der Waals surface area (Å²) >= 11 is 0. The molecule has 0 N–H and O–H groups in total. The first-order chi connectivity index (χ1) is 14.2. The fourth-order valence-corrected chi connectivity index (χ4v) is 16.4. The molecule has 12 rings (SSSR count). The van der Waals surface area contributed by atoms with Crippen LogP contribution in [0.15, 0.2) is 0 Å². The van der Waals surface area contributed by atoms with Gasteiger partial charge in [0, 0.05) is 0 Å². The lowest BCUT2D eigenvalue weighted by Crippen LogP contribution is -2.97. The van der Waals surface area contributed by atoms with Crippen LogP contribution >= 0.6 is 0 Å². The van der Waals surface area contributed by atoms with Gasteiger partial charge in [0.1, 0.15) is 0 Å². The maximum atomic E-state index is 2.87. The van der Waals surface area contributed by atoms with E-state index in [1.807, 2.05) is 0 Å². The molecule has 0 aliphatic heterocycles. The van der Waals surface area contributed by atoms with Crippen molar-refractivity contribution in [1.29, 1.82) is 0 Å². The summed E-state index contributed by atoms with van der Waals surface area (Å²) in [7, 11) is 0. The van der Waals surface area contributed by atoms with E-state index in [1.165, 1.54) is 29.6 Å². The lowest BCUT2D eigenvalue weighted by atomic mass is 9.03. The summed E-state index contributed by atoms with van der Waals surface area (Å²) in [6.45, 7) is 19.0. The van der Waals surface area contributed by atoms with Crippen molar-refractivity contribution < 1.29 is 0 Å². The molecule has 0 aromatic rings. The predicted octanol–water partition coefficient (Wildman–Crippen LogP) is 7.00. The van der Waals surface area contributed by atoms with Crippen molar-refractivity contribution in [3.63, 3.8) is 0 Å². The van der Waals surface area contributed by atoms with Gasteiger partial charge in [0.05, 0.1) is 0 Å². The first-order valence-corrected chi connectivity index (χ1v) is 14.2. The van der Waals surface area contributed by atoms with Crippen molar-refractivity contribution in [3.8, 4) is 0 Å². The zero-order valence-electron chi connectivity index (χ0n) is 20.5. The highest BCUT2D eigenvalue weighted by molar-refractivity contribution is 5.47. The monoisotopic (exact) mass is 404 g/mol. The zero-order chi connectivity index (χ0) is 20.5. The lowest BCUT2D eigenvalue weighted by molar-refractivity contribution is -0.541. The van der Waals surface area contributed by atoms with Crippen molar-refractivity contribution >= 4 is 0 Å². The Labute approximate surface area is 184 Å². The molecule has 2 spiro atoms. The molecule has 12 saturated carbocycles. The minimum atomic E-state index is 0.655. The molecule has 12 aliphatic carbocycles. The van der Waals surface area contributed by atoms with E-state index < -0.39 is 0 Å². The lowest BCUT2D eigenvalue weighted by Gasteiger charge is -3.01. The largest absolute Gasteiger partial charge is 0.0625 e. The average Bonchev–Trinajstić information content (AvgIpc) is 2.94. The molecule has 12 aliphatic rings. The maximum Gasteiger partial charge on any atom is -0.0134 e. The SMILES string of the molecule is CC(C)C(C)C(C)C12CC3C4CC5C6C7CC8C5C5C8(C4)C(C)C7(C)C(C)C1C6C352. The maximum absolute atomic E-state index is 2.87. The number of hydrogen-bond acceptors (Lipinski definition) is 0. The van der Waals surface area contributed by atoms with Crippen LogP contribution in [0.3, 0.4) is 0 Å². The molecule has 0 aromatic heterocycles. The zero-order valence-corrected chi connectivity index (χ0v) is 20.5. The fourth-order valence-electron chi connectivity index (χ4n) is 16.4. The Morgan fingerprint density at radius 1 is 0.833 bits per heavy atom. The topological polar surface area (TPSA) is 0 Å². The van der Waals surface area contributed by atoms with Crippen LogP contribution in [0.1, 0.15) is 74.1 Å². The van der Waals surface area contributed by atoms with E-state index in [0.29, 0.717) is 5.41 Å². The minimum absolute atomic E-state index is 0.655. The van der Waals surface area contributed by atoms with Gasteiger partial charge in [-0.05, 0) is 136 Å². The van der Waals surface area contributed by atoms with Crippen LogP contribution in [0.5, 0.6) is 0 Å². The van der Waals surface area contributed by atoms with Gasteiger partial charge in [-0.15, -0.1) is 0 Å². The standard InChI is InChI=1S/C30H44/c1-12(2)13(3)14(4)29-11-21-17-8-18-22-19-9-20-23(18)26-28(20,10-17)16(6)27(19,7)15(5)24(29)25(22)30(21,26)29/h12-26H,8-11H2,1-7H3. The Bertz CT molecular complexity index is 898. The van der Waals surface area contributed by atoms with Gasteiger partial charge in [-0.1, -0.05) is 48.5 Å². The second-order valence-electron chi connectivity index (χ2n) is 15.7. The molecule has 18 atom stereocenters. The molecule has 164 valence electrons. The van der Waals surface area contributed by atoms with E-state index in [4.69, 9.17) is 0 Å². The normalized spacial score (nSPS) is 77.2. The van der Waals surface area contributed by atoms with Crippen molar-refractivity contribution in [2.24, 2.45) is 110 Å². The third-order valence-electron chi connectivity index (χ3n) is 17.0. The van der Waals surface area contributed by atoms with Crippen molar-refractivity contribution in [3.05, 3.63) is 0 Å². The third kappa shape index (κ3) is 1.09. The summed E-state index contributed by atoms with van der Waals surface area (Å²) in [5, 5.41) is 0. The summed E-state index contributed by atoms with van der Waals surface area (Å²) in [4.78, 5) is 0. The van der Waals surface area contributed by atoms with E-state index in [9.17, 15) is 0 Å². The van der Waals surface area contributed by atoms with Gasteiger partial charge in [-0.25, -0.2) is 0 Å². The molecule has 0 heterocycles. The van der Waals surface area contributed by atoms with Crippen LogP contribution in [-0.4, -0.2) is 0 Å². The van der Waals surface area contributed by atoms with E-state index in [1.54, 1.807) is 25.7 Å². The van der Waals surface area contributed by atoms with Crippen molar-refractivity contribution in [1.82, 2.24) is 0 Å². The van der Waals surface area contributed by atoms with E-state index in [0.717, 1.165) is 75.4 Å². The van der Waals surface area contributed by atoms with Gasteiger partial charge in [0.2, 0.25) is 0 Å². The van der Waals surface area contributed by atoms with Crippen LogP contribution in [0, 0.1) is 110 Å². The van der Waals surface area contributed by atoms with E-state index in [2.05, 4.69) is 48.5 Å². The summed E-state index contributed by atoms with van der Waals surface area (Å²) in [6, 6.07) is 0. The molecular weight excluding hydrogens is 360 g/mol. The second-order valence-corrected chi connectivity index (χ2v) is 15.7. The number of rotatable bonds is 3. The highest BCUT2D eigenvalue weighted by Gasteiger charge is 3.00. The van der Waals surface area contributed by atoms with Gasteiger partial charge in [0.25, 0.3) is 0 Å². The van der Waals surface area contributed by atoms with Crippen LogP contribution in [0.4, 0.5) is 0 Å². The van der Waals surface area contributed by atoms with Gasteiger partial charge < -0.3 is 0 Å². The van der Waals surface area contributed by atoms with Crippen LogP contribution in [0.25, 0.3) is 0 Å². The summed E-state index contributed by atoms with van der Waals surface area (Å²) < 4.78 is 0. The molecule has 0 radical (unpaired) electrons. The molecule has 0 aromatic carbocycles. The predicted molar refractivity (Wildman–Crippen MR) is 120 cm³/mol. The third-order valence-corrected chi connectivity index (χ3v) is 17.0. The molecule has 18 unspecified atom stereocenters. The highest BCUT2D eigenvalue weighted by Crippen LogP contribution is 3.04. The van der Waals surface area contributed by atoms with E-state index >= 15 is 0 Å². The molecule has 0 amide bonds. The van der Waals surface area contributed by atoms with Gasteiger partial charge >= 0.3 is 0 Å². The van der Waals surface area contributed by atoms with E-state index in [-0.39, 0.29) is 0 Å². The highest BCUT2D eigenvalue weighted by atomic mass is 15.0. The molecule has 0 nitrogen and oxygen atoms in total. The van der Waals surface area contributed by atoms with Crippen molar-refractivity contribution in [2.75, 3.05) is 0 Å². The molecule has 12 fully saturated rings. The quantitative estimate of drug-likeness (QED) is 0.475. The Morgan fingerprint density at radius 2 is 1.60 bits per heavy atom. The van der Waals surface area contributed by atoms with Crippen LogP contribution in [0.2, 0.25) is 0 Å². The van der Waals surface area contributed by atoms with Crippen LogP contribution < -0.4 is 0 Å². The number of hydrogen-bond donors (Lipinski definition) is 0. The molecule has 0 heteroatoms. The molecule has 9 bridgehead atoms. The summed E-state index contributed by atoms with van der Waals surface area (Å²) in [5.41, 5.74) is 3.04. The molecular formula is C30H44. The summed E-state index contributed by atoms with van der Waals surface area (Å²) in [5.74, 6) is 16.3. The smallest absolute Gasteiger partial charge is 0.0134 e. The molecule has 30 heavy (non-hydrogen) atoms. The van der Waals surface area contributed by atoms with Crippen LogP contribution in [-0.2, 0) is 0 Å². The fraction of sp³-hybridized carbons (Fsp3) is 1.00. The average molecular weight is 405 g/mol. The summed E-state index contributed by atoms with van der Waals surface area (Å²) in [6.07, 6.45) is 6.72.